The summed E-state index contributed by atoms with van der Waals surface area (Å²) in [6.07, 6.45) is 1.62. The van der Waals surface area contributed by atoms with Crippen LogP contribution in [0.15, 0.2) is 48.5 Å². The number of hydrogen-bond donors (Lipinski definition) is 1. The highest BCUT2D eigenvalue weighted by molar-refractivity contribution is 7.88. The van der Waals surface area contributed by atoms with Crippen LogP contribution < -0.4 is 9.46 Å². The Morgan fingerprint density at radius 3 is 2.20 bits per heavy atom. The number of halogens is 1. The molecule has 2 rings (SSSR count). The molecule has 0 atom stereocenters. The van der Waals surface area contributed by atoms with E-state index in [1.165, 1.54) is 24.3 Å². The fourth-order valence-corrected chi connectivity index (χ4v) is 3.57. The molecule has 0 unspecified atom stereocenters. The monoisotopic (exact) mass is 365 g/mol. The normalized spacial score (nSPS) is 11.7. The van der Waals surface area contributed by atoms with Crippen LogP contribution >= 0.6 is 0 Å². The lowest BCUT2D eigenvalue weighted by molar-refractivity contribution is 0.242. The van der Waals surface area contributed by atoms with E-state index in [-0.39, 0.29) is 17.7 Å². The summed E-state index contributed by atoms with van der Waals surface area (Å²) in [6.45, 7) is 4.33. The van der Waals surface area contributed by atoms with Gasteiger partial charge in [-0.3, -0.25) is 0 Å². The SMILES string of the molecule is CC(C)Oc1ccc(CCCNS(=O)(=O)Cc2ccc(F)cc2)cc1. The highest BCUT2D eigenvalue weighted by Crippen LogP contribution is 2.15. The Bertz CT molecular complexity index is 756. The van der Waals surface area contributed by atoms with E-state index in [1.807, 2.05) is 38.1 Å². The molecule has 0 aromatic heterocycles. The summed E-state index contributed by atoms with van der Waals surface area (Å²) in [5.41, 5.74) is 1.70. The van der Waals surface area contributed by atoms with Crippen LogP contribution in [0.4, 0.5) is 4.39 Å². The van der Waals surface area contributed by atoms with Gasteiger partial charge in [-0.2, -0.15) is 0 Å². The van der Waals surface area contributed by atoms with Crippen molar-refractivity contribution in [1.29, 1.82) is 0 Å². The van der Waals surface area contributed by atoms with Crippen molar-refractivity contribution in [2.45, 2.75) is 38.5 Å². The molecule has 0 spiro atoms. The summed E-state index contributed by atoms with van der Waals surface area (Å²) < 4.78 is 45.1. The summed E-state index contributed by atoms with van der Waals surface area (Å²) in [6, 6.07) is 13.3. The van der Waals surface area contributed by atoms with Crippen LogP contribution in [-0.2, 0) is 22.2 Å². The number of rotatable bonds is 9. The second-order valence-electron chi connectivity index (χ2n) is 6.19. The highest BCUT2D eigenvalue weighted by Gasteiger charge is 2.10. The number of aryl methyl sites for hydroxylation is 1. The number of hydrogen-bond acceptors (Lipinski definition) is 3. The van der Waals surface area contributed by atoms with Crippen molar-refractivity contribution in [2.75, 3.05) is 6.54 Å². The predicted molar refractivity (Wildman–Crippen MR) is 97.6 cm³/mol. The van der Waals surface area contributed by atoms with Crippen LogP contribution in [0.5, 0.6) is 5.75 Å². The quantitative estimate of drug-likeness (QED) is 0.690. The van der Waals surface area contributed by atoms with Crippen molar-refractivity contribution < 1.29 is 17.5 Å². The van der Waals surface area contributed by atoms with Crippen molar-refractivity contribution in [3.05, 3.63) is 65.5 Å². The number of benzene rings is 2. The molecule has 2 aromatic carbocycles. The zero-order valence-electron chi connectivity index (χ0n) is 14.5. The Kier molecular flexibility index (Phi) is 6.96. The molecular weight excluding hydrogens is 341 g/mol. The summed E-state index contributed by atoms with van der Waals surface area (Å²) in [4.78, 5) is 0. The van der Waals surface area contributed by atoms with Crippen molar-refractivity contribution >= 4 is 10.0 Å². The van der Waals surface area contributed by atoms with E-state index in [9.17, 15) is 12.8 Å². The van der Waals surface area contributed by atoms with Crippen LogP contribution in [0.2, 0.25) is 0 Å². The molecule has 136 valence electrons. The Morgan fingerprint density at radius 1 is 1.00 bits per heavy atom. The third-order valence-electron chi connectivity index (χ3n) is 3.53. The molecule has 0 saturated carbocycles. The molecule has 0 aliphatic heterocycles. The second kappa shape index (κ2) is 8.97. The van der Waals surface area contributed by atoms with E-state index < -0.39 is 10.0 Å². The average Bonchev–Trinajstić information content (AvgIpc) is 2.55. The van der Waals surface area contributed by atoms with Crippen molar-refractivity contribution in [3.63, 3.8) is 0 Å². The van der Waals surface area contributed by atoms with Gasteiger partial charge >= 0.3 is 0 Å². The van der Waals surface area contributed by atoms with Gasteiger partial charge in [0.1, 0.15) is 11.6 Å². The van der Waals surface area contributed by atoms with Crippen LogP contribution in [0.1, 0.15) is 31.4 Å². The summed E-state index contributed by atoms with van der Waals surface area (Å²) >= 11 is 0. The van der Waals surface area contributed by atoms with E-state index in [4.69, 9.17) is 4.74 Å². The first-order chi connectivity index (χ1) is 11.8. The van der Waals surface area contributed by atoms with Crippen LogP contribution in [0, 0.1) is 5.82 Å². The van der Waals surface area contributed by atoms with Gasteiger partial charge in [-0.25, -0.2) is 17.5 Å². The second-order valence-corrected chi connectivity index (χ2v) is 8.00. The molecule has 2 aromatic rings. The Hall–Kier alpha value is -1.92. The maximum atomic E-state index is 12.8. The molecule has 25 heavy (non-hydrogen) atoms. The molecule has 0 amide bonds. The maximum Gasteiger partial charge on any atom is 0.215 e. The number of nitrogens with one attached hydrogen (secondary N) is 1. The maximum absolute atomic E-state index is 12.8. The fraction of sp³-hybridized carbons (Fsp3) is 0.368. The van der Waals surface area contributed by atoms with E-state index in [0.29, 0.717) is 18.5 Å². The standard InChI is InChI=1S/C19H24FNO3S/c1-15(2)24-19-11-7-16(8-12-19)4-3-13-21-25(22,23)14-17-5-9-18(20)10-6-17/h5-12,15,21H,3-4,13-14H2,1-2H3. The minimum absolute atomic E-state index is 0.140. The van der Waals surface area contributed by atoms with Gasteiger partial charge < -0.3 is 4.74 Å². The molecule has 0 radical (unpaired) electrons. The van der Waals surface area contributed by atoms with E-state index in [0.717, 1.165) is 17.7 Å². The summed E-state index contributed by atoms with van der Waals surface area (Å²) in [7, 11) is -3.41. The first kappa shape index (κ1) is 19.4. The fourth-order valence-electron chi connectivity index (χ4n) is 2.38. The van der Waals surface area contributed by atoms with Crippen molar-refractivity contribution in [2.24, 2.45) is 0 Å². The van der Waals surface area contributed by atoms with Gasteiger partial charge in [0, 0.05) is 6.54 Å². The average molecular weight is 365 g/mol. The highest BCUT2D eigenvalue weighted by atomic mass is 32.2. The molecule has 0 heterocycles. The van der Waals surface area contributed by atoms with Gasteiger partial charge in [0.05, 0.1) is 11.9 Å². The van der Waals surface area contributed by atoms with Gasteiger partial charge in [0.2, 0.25) is 10.0 Å². The van der Waals surface area contributed by atoms with Gasteiger partial charge in [0.25, 0.3) is 0 Å². The van der Waals surface area contributed by atoms with Crippen LogP contribution in [0.25, 0.3) is 0 Å². The minimum atomic E-state index is -3.41. The molecule has 0 saturated heterocycles. The molecule has 0 bridgehead atoms. The molecule has 0 aliphatic rings. The molecule has 1 N–H and O–H groups in total. The van der Waals surface area contributed by atoms with E-state index in [1.54, 1.807) is 0 Å². The molecular formula is C19H24FNO3S. The zero-order valence-corrected chi connectivity index (χ0v) is 15.4. The first-order valence-corrected chi connectivity index (χ1v) is 9.97. The van der Waals surface area contributed by atoms with Gasteiger partial charge in [-0.15, -0.1) is 0 Å². The predicted octanol–water partition coefficient (Wildman–Crippen LogP) is 3.67. The Morgan fingerprint density at radius 2 is 1.60 bits per heavy atom. The Balaban J connectivity index is 1.75. The zero-order chi connectivity index (χ0) is 18.3. The van der Waals surface area contributed by atoms with Gasteiger partial charge in [0.15, 0.2) is 0 Å². The third-order valence-corrected chi connectivity index (χ3v) is 4.89. The Labute approximate surface area is 149 Å². The molecule has 4 nitrogen and oxygen atoms in total. The lowest BCUT2D eigenvalue weighted by Crippen LogP contribution is -2.26. The number of ether oxygens (including phenoxy) is 1. The third kappa shape index (κ3) is 7.23. The molecule has 0 aliphatic carbocycles. The summed E-state index contributed by atoms with van der Waals surface area (Å²) in [5.74, 6) is 0.312. The largest absolute Gasteiger partial charge is 0.491 e. The van der Waals surface area contributed by atoms with Crippen molar-refractivity contribution in [1.82, 2.24) is 4.72 Å². The van der Waals surface area contributed by atoms with Crippen molar-refractivity contribution in [3.8, 4) is 5.75 Å². The van der Waals surface area contributed by atoms with Gasteiger partial charge in [-0.1, -0.05) is 24.3 Å². The lowest BCUT2D eigenvalue weighted by atomic mass is 10.1. The first-order valence-electron chi connectivity index (χ1n) is 8.31. The lowest BCUT2D eigenvalue weighted by Gasteiger charge is -2.10. The van der Waals surface area contributed by atoms with Crippen LogP contribution in [0.3, 0.4) is 0 Å². The molecule has 6 heteroatoms. The smallest absolute Gasteiger partial charge is 0.215 e. The van der Waals surface area contributed by atoms with Crippen LogP contribution in [-0.4, -0.2) is 21.1 Å². The summed E-state index contributed by atoms with van der Waals surface area (Å²) in [5, 5.41) is 0. The van der Waals surface area contributed by atoms with E-state index >= 15 is 0 Å². The number of sulfonamides is 1. The minimum Gasteiger partial charge on any atom is -0.491 e. The van der Waals surface area contributed by atoms with Gasteiger partial charge in [-0.05, 0) is 62.1 Å². The van der Waals surface area contributed by atoms with E-state index in [2.05, 4.69) is 4.72 Å². The molecule has 0 fully saturated rings. The topological polar surface area (TPSA) is 55.4 Å².